The van der Waals surface area contributed by atoms with Gasteiger partial charge in [0, 0.05) is 45.1 Å². The van der Waals surface area contributed by atoms with Crippen LogP contribution in [0.1, 0.15) is 22.7 Å². The number of carbonyl (C=O) groups is 1. The fraction of sp³-hybridized carbons (Fsp3) is 0.368. The molecule has 25 heavy (non-hydrogen) atoms. The van der Waals surface area contributed by atoms with E-state index in [1.54, 1.807) is 30.5 Å². The molecule has 1 atom stereocenters. The summed E-state index contributed by atoms with van der Waals surface area (Å²) in [6.07, 6.45) is 3.64. The van der Waals surface area contributed by atoms with Crippen molar-refractivity contribution in [2.75, 3.05) is 26.2 Å². The van der Waals surface area contributed by atoms with Crippen molar-refractivity contribution in [1.29, 1.82) is 0 Å². The van der Waals surface area contributed by atoms with Gasteiger partial charge in [-0.1, -0.05) is 30.3 Å². The van der Waals surface area contributed by atoms with Crippen LogP contribution in [0.2, 0.25) is 0 Å². The Kier molecular flexibility index (Phi) is 5.75. The zero-order valence-electron chi connectivity index (χ0n) is 14.1. The lowest BCUT2D eigenvalue weighted by Crippen LogP contribution is -2.48. The Morgan fingerprint density at radius 2 is 1.80 bits per heavy atom. The van der Waals surface area contributed by atoms with Crippen molar-refractivity contribution in [3.05, 3.63) is 65.5 Å². The molecule has 1 aliphatic rings. The van der Waals surface area contributed by atoms with Crippen molar-refractivity contribution in [3.8, 4) is 0 Å². The molecule has 3 rings (SSSR count). The average Bonchev–Trinajstić information content (AvgIpc) is 2.64. The number of benzene rings is 1. The summed E-state index contributed by atoms with van der Waals surface area (Å²) in [6, 6.07) is 10.5. The summed E-state index contributed by atoms with van der Waals surface area (Å²) in [7, 11) is 0. The number of aliphatic hydroxyl groups excluding tert-OH is 1. The third kappa shape index (κ3) is 4.42. The number of aliphatic hydroxyl groups is 1. The van der Waals surface area contributed by atoms with E-state index >= 15 is 0 Å². The maximum absolute atomic E-state index is 11.8. The van der Waals surface area contributed by atoms with Crippen LogP contribution in [0, 0.1) is 0 Å². The topological polar surface area (TPSA) is 76.9 Å². The third-order valence-corrected chi connectivity index (χ3v) is 4.61. The van der Waals surface area contributed by atoms with Crippen molar-refractivity contribution >= 4 is 5.97 Å². The van der Waals surface area contributed by atoms with Crippen LogP contribution >= 0.6 is 0 Å². The van der Waals surface area contributed by atoms with Crippen LogP contribution < -0.4 is 0 Å². The van der Waals surface area contributed by atoms with Crippen molar-refractivity contribution in [1.82, 2.24) is 14.8 Å². The summed E-state index contributed by atoms with van der Waals surface area (Å²) in [4.78, 5) is 20.3. The molecule has 1 fully saturated rings. The molecule has 0 spiro atoms. The van der Waals surface area contributed by atoms with Gasteiger partial charge in [0.1, 0.15) is 6.04 Å². The number of nitrogens with zero attached hydrogens (tertiary/aromatic N) is 3. The molecular formula is C19H23N3O3. The molecule has 132 valence electrons. The van der Waals surface area contributed by atoms with E-state index in [0.717, 1.165) is 30.8 Å². The highest BCUT2D eigenvalue weighted by molar-refractivity contribution is 5.75. The first-order valence-electron chi connectivity index (χ1n) is 8.45. The molecule has 0 unspecified atom stereocenters. The normalized spacial score (nSPS) is 17.3. The highest BCUT2D eigenvalue weighted by Crippen LogP contribution is 2.23. The van der Waals surface area contributed by atoms with Gasteiger partial charge in [-0.15, -0.1) is 0 Å². The van der Waals surface area contributed by atoms with E-state index in [1.807, 2.05) is 17.2 Å². The van der Waals surface area contributed by atoms with Gasteiger partial charge < -0.3 is 10.2 Å². The predicted molar refractivity (Wildman–Crippen MR) is 93.8 cm³/mol. The van der Waals surface area contributed by atoms with Gasteiger partial charge in [0.2, 0.25) is 0 Å². The van der Waals surface area contributed by atoms with Gasteiger partial charge in [-0.2, -0.15) is 0 Å². The first-order valence-corrected chi connectivity index (χ1v) is 8.45. The van der Waals surface area contributed by atoms with Gasteiger partial charge in [0.25, 0.3) is 0 Å². The standard InChI is InChI=1S/C19H23N3O3/c23-14-15-3-5-17(6-4-15)18(19(24)25)22-10-8-21(9-11-22)13-16-2-1-7-20-12-16/h1-7,12,18,23H,8-11,13-14H2,(H,24,25)/t18-/m0/s1. The summed E-state index contributed by atoms with van der Waals surface area (Å²) in [5.41, 5.74) is 2.71. The lowest BCUT2D eigenvalue weighted by Gasteiger charge is -2.37. The van der Waals surface area contributed by atoms with Crippen LogP contribution in [0.4, 0.5) is 0 Å². The lowest BCUT2D eigenvalue weighted by atomic mass is 10.0. The fourth-order valence-corrected chi connectivity index (χ4v) is 3.24. The summed E-state index contributed by atoms with van der Waals surface area (Å²) in [5, 5.41) is 18.8. The molecule has 0 amide bonds. The Morgan fingerprint density at radius 1 is 1.08 bits per heavy atom. The van der Waals surface area contributed by atoms with Crippen LogP contribution in [-0.2, 0) is 17.9 Å². The number of piperazine rings is 1. The second-order valence-corrected chi connectivity index (χ2v) is 6.31. The van der Waals surface area contributed by atoms with E-state index < -0.39 is 12.0 Å². The summed E-state index contributed by atoms with van der Waals surface area (Å²) in [6.45, 7) is 3.87. The molecule has 6 heteroatoms. The van der Waals surface area contributed by atoms with Gasteiger partial charge >= 0.3 is 5.97 Å². The number of aromatic nitrogens is 1. The molecule has 1 aromatic heterocycles. The van der Waals surface area contributed by atoms with Gasteiger partial charge in [0.15, 0.2) is 0 Å². The molecule has 1 saturated heterocycles. The number of carboxylic acids is 1. The highest BCUT2D eigenvalue weighted by Gasteiger charge is 2.30. The summed E-state index contributed by atoms with van der Waals surface area (Å²) in [5.74, 6) is -0.836. The van der Waals surface area contributed by atoms with Crippen LogP contribution in [0.15, 0.2) is 48.8 Å². The van der Waals surface area contributed by atoms with E-state index in [2.05, 4.69) is 16.0 Å². The lowest BCUT2D eigenvalue weighted by molar-refractivity contribution is -0.144. The first kappa shape index (κ1) is 17.5. The Hall–Kier alpha value is -2.28. The fourth-order valence-electron chi connectivity index (χ4n) is 3.24. The van der Waals surface area contributed by atoms with Gasteiger partial charge in [-0.3, -0.25) is 19.6 Å². The van der Waals surface area contributed by atoms with Gasteiger partial charge in [-0.25, -0.2) is 0 Å². The number of hydrogen-bond donors (Lipinski definition) is 2. The first-order chi connectivity index (χ1) is 12.2. The Morgan fingerprint density at radius 3 is 2.36 bits per heavy atom. The molecule has 0 radical (unpaired) electrons. The zero-order valence-corrected chi connectivity index (χ0v) is 14.1. The minimum Gasteiger partial charge on any atom is -0.480 e. The molecule has 0 bridgehead atoms. The number of rotatable bonds is 6. The number of aliphatic carboxylic acids is 1. The van der Waals surface area contributed by atoms with Crippen LogP contribution in [0.25, 0.3) is 0 Å². The summed E-state index contributed by atoms with van der Waals surface area (Å²) >= 11 is 0. The maximum atomic E-state index is 11.8. The molecule has 6 nitrogen and oxygen atoms in total. The zero-order chi connectivity index (χ0) is 17.6. The van der Waals surface area contributed by atoms with E-state index in [0.29, 0.717) is 13.1 Å². The second-order valence-electron chi connectivity index (χ2n) is 6.31. The number of hydrogen-bond acceptors (Lipinski definition) is 5. The van der Waals surface area contributed by atoms with Crippen molar-refractivity contribution < 1.29 is 15.0 Å². The molecular weight excluding hydrogens is 318 g/mol. The van der Waals surface area contributed by atoms with E-state index in [1.165, 1.54) is 5.56 Å². The monoisotopic (exact) mass is 341 g/mol. The van der Waals surface area contributed by atoms with Crippen molar-refractivity contribution in [2.24, 2.45) is 0 Å². The van der Waals surface area contributed by atoms with Crippen LogP contribution in [0.5, 0.6) is 0 Å². The average molecular weight is 341 g/mol. The Balaban J connectivity index is 1.63. The SMILES string of the molecule is O=C(O)[C@H](c1ccc(CO)cc1)N1CCN(Cc2cccnc2)CC1. The molecule has 1 aromatic carbocycles. The highest BCUT2D eigenvalue weighted by atomic mass is 16.4. The quantitative estimate of drug-likeness (QED) is 0.830. The molecule has 0 aliphatic carbocycles. The van der Waals surface area contributed by atoms with Gasteiger partial charge in [0.05, 0.1) is 6.61 Å². The summed E-state index contributed by atoms with van der Waals surface area (Å²) < 4.78 is 0. The van der Waals surface area contributed by atoms with Crippen LogP contribution in [-0.4, -0.2) is 57.1 Å². The molecule has 2 N–H and O–H groups in total. The minimum atomic E-state index is -0.836. The minimum absolute atomic E-state index is 0.0367. The molecule has 2 aromatic rings. The Labute approximate surface area is 147 Å². The molecule has 0 saturated carbocycles. The second kappa shape index (κ2) is 8.20. The smallest absolute Gasteiger partial charge is 0.325 e. The predicted octanol–water partition coefficient (Wildman–Crippen LogP) is 1.52. The number of pyridine rings is 1. The number of carboxylic acid groups (broad SMARTS) is 1. The van der Waals surface area contributed by atoms with Crippen molar-refractivity contribution in [3.63, 3.8) is 0 Å². The largest absolute Gasteiger partial charge is 0.480 e. The van der Waals surface area contributed by atoms with E-state index in [4.69, 9.17) is 5.11 Å². The third-order valence-electron chi connectivity index (χ3n) is 4.61. The molecule has 2 heterocycles. The van der Waals surface area contributed by atoms with Gasteiger partial charge in [-0.05, 0) is 22.8 Å². The Bertz CT molecular complexity index is 683. The maximum Gasteiger partial charge on any atom is 0.325 e. The van der Waals surface area contributed by atoms with Crippen LogP contribution in [0.3, 0.4) is 0 Å². The molecule has 1 aliphatic heterocycles. The van der Waals surface area contributed by atoms with E-state index in [9.17, 15) is 9.90 Å². The van der Waals surface area contributed by atoms with Crippen molar-refractivity contribution in [2.45, 2.75) is 19.2 Å². The van der Waals surface area contributed by atoms with E-state index in [-0.39, 0.29) is 6.61 Å².